The Morgan fingerprint density at radius 2 is 0.671 bits per heavy atom. The van der Waals surface area contributed by atoms with Crippen LogP contribution in [0.2, 0.25) is 0 Å². The van der Waals surface area contributed by atoms with Crippen molar-refractivity contribution in [3.63, 3.8) is 0 Å². The van der Waals surface area contributed by atoms with E-state index in [1.165, 1.54) is 77.0 Å². The van der Waals surface area contributed by atoms with Crippen LogP contribution in [0.3, 0.4) is 0 Å². The van der Waals surface area contributed by atoms with Gasteiger partial charge in [0.15, 0.2) is 0 Å². The van der Waals surface area contributed by atoms with E-state index < -0.39 is 55.1 Å². The maximum atomic E-state index is 13.6. The lowest BCUT2D eigenvalue weighted by Crippen LogP contribution is -2.41. The summed E-state index contributed by atoms with van der Waals surface area (Å²) in [4.78, 5) is 44.5. The van der Waals surface area contributed by atoms with Gasteiger partial charge in [0.2, 0.25) is 20.0 Å². The minimum absolute atomic E-state index is 0.124. The summed E-state index contributed by atoms with van der Waals surface area (Å²) in [5.41, 5.74) is -2.01. The summed E-state index contributed by atoms with van der Waals surface area (Å²) in [6.45, 7) is 25.1. The van der Waals surface area contributed by atoms with Gasteiger partial charge in [-0.1, -0.05) is 129 Å². The lowest BCUT2D eigenvalue weighted by atomic mass is 10.1. The standard InChI is InChI=1S/C55H112N6O10S2/c1-12-14-16-18-20-22-24-26-28-32-48-72(65,66)57-39-35-41-59(42-36-40-58-73(67,68)49-33-29-27-25-23-21-19-17-15-13-2)43-37-47-61(52(64)71-55(9,10)11)45-31-30-44-60(51(63)70-54(6,7)8)46-34-38-56-50(62)69-53(3,4)5/h57-58H,12-49H2,1-11H3,(H,56,62). The van der Waals surface area contributed by atoms with Crippen LogP contribution in [-0.2, 0) is 34.3 Å². The van der Waals surface area contributed by atoms with Gasteiger partial charge in [-0.25, -0.2) is 40.7 Å². The molecule has 0 radical (unpaired) electrons. The fourth-order valence-corrected chi connectivity index (χ4v) is 10.6. The van der Waals surface area contributed by atoms with E-state index in [1.807, 2.05) is 41.5 Å². The predicted octanol–water partition coefficient (Wildman–Crippen LogP) is 12.3. The van der Waals surface area contributed by atoms with Crippen molar-refractivity contribution >= 4 is 38.3 Å². The molecule has 3 amide bonds. The van der Waals surface area contributed by atoms with Gasteiger partial charge in [-0.3, -0.25) is 0 Å². The number of hydrogen-bond donors (Lipinski definition) is 3. The number of sulfonamides is 2. The van der Waals surface area contributed by atoms with E-state index in [2.05, 4.69) is 33.5 Å². The monoisotopic (exact) mass is 1080 g/mol. The molecule has 0 saturated heterocycles. The van der Waals surface area contributed by atoms with Crippen molar-refractivity contribution in [2.45, 2.75) is 260 Å². The maximum absolute atomic E-state index is 13.6. The fourth-order valence-electron chi connectivity index (χ4n) is 8.21. The number of ether oxygens (including phenoxy) is 3. The number of nitrogens with one attached hydrogen (secondary N) is 3. The van der Waals surface area contributed by atoms with Crippen LogP contribution < -0.4 is 14.8 Å². The molecule has 434 valence electrons. The van der Waals surface area contributed by atoms with Gasteiger partial charge < -0.3 is 34.2 Å². The quantitative estimate of drug-likeness (QED) is 0.0388. The van der Waals surface area contributed by atoms with Crippen molar-refractivity contribution in [2.24, 2.45) is 0 Å². The second-order valence-corrected chi connectivity index (χ2v) is 27.0. The van der Waals surface area contributed by atoms with Crippen LogP contribution in [0.25, 0.3) is 0 Å². The molecule has 0 atom stereocenters. The van der Waals surface area contributed by atoms with E-state index in [9.17, 15) is 31.2 Å². The zero-order valence-corrected chi connectivity index (χ0v) is 50.2. The first-order chi connectivity index (χ1) is 34.3. The van der Waals surface area contributed by atoms with Crippen LogP contribution in [0.4, 0.5) is 14.4 Å². The Morgan fingerprint density at radius 1 is 0.370 bits per heavy atom. The van der Waals surface area contributed by atoms with Crippen molar-refractivity contribution in [1.29, 1.82) is 0 Å². The first kappa shape index (κ1) is 70.6. The summed E-state index contributed by atoms with van der Waals surface area (Å²) in [6.07, 6.45) is 24.8. The normalized spacial score (nSPS) is 12.5. The Hall–Kier alpha value is -2.41. The van der Waals surface area contributed by atoms with E-state index in [4.69, 9.17) is 14.2 Å². The molecule has 0 aliphatic heterocycles. The van der Waals surface area contributed by atoms with E-state index >= 15 is 0 Å². The first-order valence-electron chi connectivity index (χ1n) is 28.9. The highest BCUT2D eigenvalue weighted by molar-refractivity contribution is 7.89. The zero-order valence-electron chi connectivity index (χ0n) is 48.6. The molecule has 0 unspecified atom stereocenters. The topological polar surface area (TPSA) is 193 Å². The summed E-state index contributed by atoms with van der Waals surface area (Å²) in [5.74, 6) is 0.249. The van der Waals surface area contributed by atoms with Crippen LogP contribution in [0.5, 0.6) is 0 Å². The number of carbonyl (C=O) groups is 3. The predicted molar refractivity (Wildman–Crippen MR) is 301 cm³/mol. The second kappa shape index (κ2) is 40.8. The summed E-state index contributed by atoms with van der Waals surface area (Å²) in [7, 11) is -6.79. The second-order valence-electron chi connectivity index (χ2n) is 23.1. The van der Waals surface area contributed by atoms with Gasteiger partial charge >= 0.3 is 18.3 Å². The summed E-state index contributed by atoms with van der Waals surface area (Å²) in [6, 6.07) is 0. The lowest BCUT2D eigenvalue weighted by molar-refractivity contribution is 0.0204. The Morgan fingerprint density at radius 3 is 1.03 bits per heavy atom. The zero-order chi connectivity index (χ0) is 55.1. The van der Waals surface area contributed by atoms with E-state index in [0.717, 1.165) is 38.5 Å². The Kier molecular flexibility index (Phi) is 39.4. The number of unbranched alkanes of at least 4 members (excludes halogenated alkanes) is 19. The highest BCUT2D eigenvalue weighted by Gasteiger charge is 2.25. The number of nitrogens with zero attached hydrogens (tertiary/aromatic N) is 3. The molecule has 73 heavy (non-hydrogen) atoms. The van der Waals surface area contributed by atoms with E-state index in [1.54, 1.807) is 30.6 Å². The number of amides is 3. The SMILES string of the molecule is CCCCCCCCCCCCS(=O)(=O)NCCCN(CCCNS(=O)(=O)CCCCCCCCCCCC)CCCN(CCCCN(CCCNC(=O)OC(C)(C)C)C(=O)OC(C)(C)C)C(=O)OC(C)(C)C. The molecule has 0 bridgehead atoms. The summed E-state index contributed by atoms with van der Waals surface area (Å²) in [5, 5.41) is 2.74. The summed E-state index contributed by atoms with van der Waals surface area (Å²) >= 11 is 0. The number of carbonyl (C=O) groups excluding carboxylic acids is 3. The van der Waals surface area contributed by atoms with Crippen LogP contribution >= 0.6 is 0 Å². The Bertz CT molecular complexity index is 1570. The van der Waals surface area contributed by atoms with Crippen molar-refractivity contribution in [3.8, 4) is 0 Å². The summed E-state index contributed by atoms with van der Waals surface area (Å²) < 4.78 is 74.0. The third-order valence-electron chi connectivity index (χ3n) is 12.1. The first-order valence-corrected chi connectivity index (χ1v) is 32.2. The molecule has 0 aliphatic carbocycles. The van der Waals surface area contributed by atoms with Gasteiger partial charge in [-0.05, 0) is 133 Å². The van der Waals surface area contributed by atoms with Crippen molar-refractivity contribution in [2.75, 3.05) is 77.0 Å². The average molecular weight is 1080 g/mol. The molecule has 0 aromatic heterocycles. The van der Waals surface area contributed by atoms with Crippen LogP contribution in [0.1, 0.15) is 243 Å². The van der Waals surface area contributed by atoms with E-state index in [0.29, 0.717) is 117 Å². The van der Waals surface area contributed by atoms with Crippen LogP contribution in [0, 0.1) is 0 Å². The van der Waals surface area contributed by atoms with Crippen molar-refractivity contribution in [3.05, 3.63) is 0 Å². The largest absolute Gasteiger partial charge is 0.444 e. The molecule has 18 heteroatoms. The molecule has 0 saturated carbocycles. The van der Waals surface area contributed by atoms with Gasteiger partial charge in [0.1, 0.15) is 16.8 Å². The van der Waals surface area contributed by atoms with Crippen molar-refractivity contribution < 1.29 is 45.4 Å². The fraction of sp³-hybridized carbons (Fsp3) is 0.945. The van der Waals surface area contributed by atoms with Crippen LogP contribution in [-0.4, -0.2) is 144 Å². The van der Waals surface area contributed by atoms with Gasteiger partial charge in [0, 0.05) is 45.8 Å². The number of rotatable bonds is 45. The molecule has 3 N–H and O–H groups in total. The van der Waals surface area contributed by atoms with Gasteiger partial charge in [0.05, 0.1) is 11.5 Å². The van der Waals surface area contributed by atoms with E-state index in [-0.39, 0.29) is 11.5 Å². The molecule has 0 fully saturated rings. The number of hydrogen-bond acceptors (Lipinski definition) is 11. The molecular weight excluding hydrogens is 969 g/mol. The molecule has 0 aromatic carbocycles. The average Bonchev–Trinajstić information content (AvgIpc) is 3.27. The van der Waals surface area contributed by atoms with Gasteiger partial charge in [-0.2, -0.15) is 0 Å². The molecule has 0 spiro atoms. The Balaban J connectivity index is 5.53. The molecule has 16 nitrogen and oxygen atoms in total. The third kappa shape index (κ3) is 46.6. The maximum Gasteiger partial charge on any atom is 0.410 e. The minimum atomic E-state index is -3.39. The molecule has 0 rings (SSSR count). The molecule has 0 heterocycles. The van der Waals surface area contributed by atoms with Gasteiger partial charge in [0.25, 0.3) is 0 Å². The lowest BCUT2D eigenvalue weighted by Gasteiger charge is -2.30. The minimum Gasteiger partial charge on any atom is -0.444 e. The molecule has 0 aromatic rings. The van der Waals surface area contributed by atoms with Crippen LogP contribution in [0.15, 0.2) is 0 Å². The Labute approximate surface area is 448 Å². The third-order valence-corrected chi connectivity index (χ3v) is 15.0. The smallest absolute Gasteiger partial charge is 0.410 e. The van der Waals surface area contributed by atoms with Crippen molar-refractivity contribution in [1.82, 2.24) is 29.5 Å². The molecular formula is C55H112N6O10S2. The molecule has 0 aliphatic rings. The highest BCUT2D eigenvalue weighted by Crippen LogP contribution is 2.16. The number of alkyl carbamates (subject to hydrolysis) is 1. The van der Waals surface area contributed by atoms with Gasteiger partial charge in [-0.15, -0.1) is 0 Å². The highest BCUT2D eigenvalue weighted by atomic mass is 32.2.